The maximum atomic E-state index is 13.8. The fraction of sp³-hybridized carbons (Fsp3) is 0.265. The molecule has 2 atom stereocenters. The lowest BCUT2D eigenvalue weighted by Gasteiger charge is -2.24. The molecule has 0 radical (unpaired) electrons. The van der Waals surface area contributed by atoms with Gasteiger partial charge in [-0.1, -0.05) is 36.1 Å². The molecule has 4 aromatic rings. The summed E-state index contributed by atoms with van der Waals surface area (Å²) in [5.74, 6) is -0.107. The Balaban J connectivity index is 1.55. The van der Waals surface area contributed by atoms with Crippen LogP contribution >= 0.6 is 11.3 Å². The van der Waals surface area contributed by atoms with Gasteiger partial charge >= 0.3 is 5.91 Å². The van der Waals surface area contributed by atoms with Crippen LogP contribution in [0, 0.1) is 13.8 Å². The fourth-order valence-corrected chi connectivity index (χ4v) is 6.93. The summed E-state index contributed by atoms with van der Waals surface area (Å²) >= 11 is 1.34. The number of rotatable bonds is 8. The molecule has 6 rings (SSSR count). The highest BCUT2D eigenvalue weighted by Gasteiger charge is 2.48. The van der Waals surface area contributed by atoms with E-state index in [-0.39, 0.29) is 24.0 Å². The average molecular weight is 597 g/mol. The number of carbonyl (C=O) groups is 2. The van der Waals surface area contributed by atoms with E-state index in [0.29, 0.717) is 40.8 Å². The number of carbonyl (C=O) groups excluding carboxylic acids is 2. The second kappa shape index (κ2) is 11.2. The van der Waals surface area contributed by atoms with Crippen molar-refractivity contribution in [1.82, 2.24) is 4.98 Å². The van der Waals surface area contributed by atoms with Gasteiger partial charge in [0.25, 0.3) is 5.78 Å². The lowest BCUT2D eigenvalue weighted by Crippen LogP contribution is -2.29. The summed E-state index contributed by atoms with van der Waals surface area (Å²) in [5.41, 5.74) is 4.73. The van der Waals surface area contributed by atoms with E-state index in [1.54, 1.807) is 36.4 Å². The Bertz CT molecular complexity index is 1820. The third-order valence-electron chi connectivity index (χ3n) is 7.58. The molecule has 0 spiro atoms. The van der Waals surface area contributed by atoms with E-state index in [1.165, 1.54) is 16.2 Å². The Morgan fingerprint density at radius 2 is 1.95 bits per heavy atom. The molecule has 9 heteroatoms. The summed E-state index contributed by atoms with van der Waals surface area (Å²) in [5, 5.41) is 12.1. The number of benzene rings is 3. The number of hydrogen-bond donors (Lipinski definition) is 1. The molecular formula is C34H32N2O6S. The van der Waals surface area contributed by atoms with Crippen molar-refractivity contribution < 1.29 is 28.9 Å². The number of Topliss-reactive ketones (excluding diaryl/α,β-unsaturated/α-hetero) is 1. The third-order valence-corrected chi connectivity index (χ3v) is 8.58. The lowest BCUT2D eigenvalue weighted by molar-refractivity contribution is -0.132. The molecule has 0 saturated carbocycles. The normalized spacial score (nSPS) is 19.0. The summed E-state index contributed by atoms with van der Waals surface area (Å²) in [4.78, 5) is 33.8. The molecule has 3 heterocycles. The van der Waals surface area contributed by atoms with Gasteiger partial charge in [-0.2, -0.15) is 0 Å². The van der Waals surface area contributed by atoms with E-state index in [1.807, 2.05) is 45.9 Å². The van der Waals surface area contributed by atoms with E-state index >= 15 is 0 Å². The van der Waals surface area contributed by atoms with Crippen LogP contribution in [0.4, 0.5) is 5.13 Å². The Hall–Kier alpha value is -4.63. The predicted molar refractivity (Wildman–Crippen MR) is 167 cm³/mol. The first kappa shape index (κ1) is 28.5. The molecule has 43 heavy (non-hydrogen) atoms. The molecule has 2 unspecified atom stereocenters. The Labute approximate surface area is 253 Å². The van der Waals surface area contributed by atoms with Gasteiger partial charge in [-0.15, -0.1) is 0 Å². The van der Waals surface area contributed by atoms with Crippen molar-refractivity contribution in [3.8, 4) is 17.2 Å². The number of aromatic nitrogens is 1. The van der Waals surface area contributed by atoms with Crippen molar-refractivity contribution in [3.63, 3.8) is 0 Å². The third kappa shape index (κ3) is 5.03. The number of fused-ring (bicyclic) bond motifs is 2. The molecule has 2 aliphatic rings. The van der Waals surface area contributed by atoms with Crippen molar-refractivity contribution in [3.05, 3.63) is 94.6 Å². The van der Waals surface area contributed by atoms with Crippen LogP contribution in [-0.2, 0) is 16.0 Å². The molecule has 1 aromatic heterocycles. The topological polar surface area (TPSA) is 98.2 Å². The zero-order valence-electron chi connectivity index (χ0n) is 24.5. The van der Waals surface area contributed by atoms with Crippen molar-refractivity contribution in [2.45, 2.75) is 46.3 Å². The van der Waals surface area contributed by atoms with Gasteiger partial charge < -0.3 is 19.3 Å². The summed E-state index contributed by atoms with van der Waals surface area (Å²) < 4.78 is 18.4. The molecule has 1 amide bonds. The van der Waals surface area contributed by atoms with E-state index in [2.05, 4.69) is 6.58 Å². The second-order valence-corrected chi connectivity index (χ2v) is 11.8. The molecule has 3 aromatic carbocycles. The van der Waals surface area contributed by atoms with Gasteiger partial charge in [-0.3, -0.25) is 14.5 Å². The zero-order valence-corrected chi connectivity index (χ0v) is 25.3. The van der Waals surface area contributed by atoms with Crippen molar-refractivity contribution >= 4 is 44.1 Å². The van der Waals surface area contributed by atoms with Gasteiger partial charge in [0, 0.05) is 12.0 Å². The molecule has 1 fully saturated rings. The number of ketones is 1. The highest BCUT2D eigenvalue weighted by molar-refractivity contribution is 7.22. The number of aliphatic hydroxyl groups is 1. The van der Waals surface area contributed by atoms with Crippen LogP contribution in [0.5, 0.6) is 17.2 Å². The number of thiazole rings is 1. The first-order chi connectivity index (χ1) is 20.7. The number of nitrogens with zero attached hydrogens (tertiary/aromatic N) is 2. The first-order valence-electron chi connectivity index (χ1n) is 14.2. The number of aryl methyl sites for hydroxylation is 2. The van der Waals surface area contributed by atoms with Gasteiger partial charge in [-0.25, -0.2) is 4.98 Å². The number of hydrogen-bond acceptors (Lipinski definition) is 8. The van der Waals surface area contributed by atoms with Gasteiger partial charge in [0.15, 0.2) is 16.6 Å². The van der Waals surface area contributed by atoms with Crippen LogP contribution in [-0.4, -0.2) is 41.1 Å². The number of amides is 1. The van der Waals surface area contributed by atoms with Crippen LogP contribution in [0.2, 0.25) is 0 Å². The van der Waals surface area contributed by atoms with Crippen LogP contribution < -0.4 is 19.1 Å². The van der Waals surface area contributed by atoms with E-state index in [4.69, 9.17) is 19.2 Å². The molecule has 8 nitrogen and oxygen atoms in total. The summed E-state index contributed by atoms with van der Waals surface area (Å²) in [6.45, 7) is 12.2. The van der Waals surface area contributed by atoms with Crippen LogP contribution in [0.1, 0.15) is 47.7 Å². The SMILES string of the molecule is C=CCOc1ccc(C2/C(=C(\O)c3ccc4c(c3)CC(C)O4)C(=O)C(=O)N2c2nc3c(C)cc(C)cc3s2)cc1OCC. The molecule has 0 aliphatic carbocycles. The highest BCUT2D eigenvalue weighted by atomic mass is 32.1. The molecule has 1 saturated heterocycles. The Kier molecular flexibility index (Phi) is 7.43. The largest absolute Gasteiger partial charge is 0.507 e. The standard InChI is InChI=1S/C34H32N2O6S/c1-6-12-41-25-11-8-21(17-26(25)40-7-2)30-28(31(37)22-9-10-24-23(16-22)15-20(5)42-24)32(38)33(39)36(30)34-35-29-19(4)13-18(3)14-27(29)43-34/h6,8-11,13-14,16-17,20,30,37H,1,7,12,15H2,2-5H3/b31-28+. The fourth-order valence-electron chi connectivity index (χ4n) is 5.76. The summed E-state index contributed by atoms with van der Waals surface area (Å²) in [6.07, 6.45) is 2.34. The quantitative estimate of drug-likeness (QED) is 0.103. The van der Waals surface area contributed by atoms with Gasteiger partial charge in [0.2, 0.25) is 0 Å². The Morgan fingerprint density at radius 3 is 2.72 bits per heavy atom. The maximum absolute atomic E-state index is 13.8. The number of ether oxygens (including phenoxy) is 3. The van der Waals surface area contributed by atoms with Crippen molar-refractivity contribution in [1.29, 1.82) is 0 Å². The monoisotopic (exact) mass is 596 g/mol. The van der Waals surface area contributed by atoms with E-state index in [9.17, 15) is 14.7 Å². The molecule has 0 bridgehead atoms. The van der Waals surface area contributed by atoms with E-state index < -0.39 is 17.7 Å². The Morgan fingerprint density at radius 1 is 1.14 bits per heavy atom. The van der Waals surface area contributed by atoms with Gasteiger partial charge in [0.1, 0.15) is 24.2 Å². The number of anilines is 1. The zero-order chi connectivity index (χ0) is 30.4. The maximum Gasteiger partial charge on any atom is 0.301 e. The molecule has 220 valence electrons. The smallest absolute Gasteiger partial charge is 0.301 e. The number of aliphatic hydroxyl groups excluding tert-OH is 1. The second-order valence-electron chi connectivity index (χ2n) is 10.8. The molecular weight excluding hydrogens is 564 g/mol. The minimum absolute atomic E-state index is 0.0166. The molecule has 1 N–H and O–H groups in total. The average Bonchev–Trinajstić information content (AvgIpc) is 3.64. The van der Waals surface area contributed by atoms with Crippen LogP contribution in [0.3, 0.4) is 0 Å². The summed E-state index contributed by atoms with van der Waals surface area (Å²) in [6, 6.07) is 13.7. The first-order valence-corrected chi connectivity index (χ1v) is 15.0. The van der Waals surface area contributed by atoms with Crippen molar-refractivity contribution in [2.24, 2.45) is 0 Å². The molecule has 2 aliphatic heterocycles. The van der Waals surface area contributed by atoms with Crippen LogP contribution in [0.25, 0.3) is 16.0 Å². The lowest BCUT2D eigenvalue weighted by atomic mass is 9.94. The van der Waals surface area contributed by atoms with Crippen molar-refractivity contribution in [2.75, 3.05) is 18.1 Å². The predicted octanol–water partition coefficient (Wildman–Crippen LogP) is 6.83. The highest BCUT2D eigenvalue weighted by Crippen LogP contribution is 2.46. The minimum atomic E-state index is -0.960. The van der Waals surface area contributed by atoms with Gasteiger partial charge in [0.05, 0.1) is 28.4 Å². The van der Waals surface area contributed by atoms with Gasteiger partial charge in [-0.05, 0) is 86.3 Å². The summed E-state index contributed by atoms with van der Waals surface area (Å²) in [7, 11) is 0. The minimum Gasteiger partial charge on any atom is -0.507 e. The van der Waals surface area contributed by atoms with Crippen LogP contribution in [0.15, 0.2) is 66.8 Å². The van der Waals surface area contributed by atoms with E-state index in [0.717, 1.165) is 32.7 Å².